The van der Waals surface area contributed by atoms with Crippen LogP contribution in [0.1, 0.15) is 33.6 Å². The first kappa shape index (κ1) is 10.4. The van der Waals surface area contributed by atoms with E-state index >= 15 is 0 Å². The van der Waals surface area contributed by atoms with Crippen molar-refractivity contribution in [2.45, 2.75) is 39.7 Å². The molecule has 0 heterocycles. The van der Waals surface area contributed by atoms with E-state index in [9.17, 15) is 4.79 Å². The summed E-state index contributed by atoms with van der Waals surface area (Å²) in [7, 11) is 0. The first-order chi connectivity index (χ1) is 4.81. The van der Waals surface area contributed by atoms with E-state index in [0.29, 0.717) is 0 Å². The van der Waals surface area contributed by atoms with Gasteiger partial charge in [-0.05, 0) is 11.8 Å². The fourth-order valence-electron chi connectivity index (χ4n) is 1.12. The summed E-state index contributed by atoms with van der Waals surface area (Å²) in [5, 5.41) is 0. The molecule has 66 valence electrons. The lowest BCUT2D eigenvalue weighted by atomic mass is 9.87. The van der Waals surface area contributed by atoms with Gasteiger partial charge in [-0.25, -0.2) is 0 Å². The lowest BCUT2D eigenvalue weighted by molar-refractivity contribution is -0.118. The van der Waals surface area contributed by atoms with Crippen LogP contribution in [-0.4, -0.2) is 11.9 Å². The third kappa shape index (κ3) is 7.33. The maximum Gasteiger partial charge on any atom is 0.218 e. The second-order valence-corrected chi connectivity index (χ2v) is 4.20. The van der Waals surface area contributed by atoms with Gasteiger partial charge in [0.1, 0.15) is 0 Å². The number of amides is 1. The van der Waals surface area contributed by atoms with Crippen molar-refractivity contribution < 1.29 is 4.79 Å². The highest BCUT2D eigenvalue weighted by Crippen LogP contribution is 2.20. The molecule has 1 unspecified atom stereocenters. The quantitative estimate of drug-likeness (QED) is 0.632. The first-order valence-electron chi connectivity index (χ1n) is 3.85. The summed E-state index contributed by atoms with van der Waals surface area (Å²) < 4.78 is 0. The van der Waals surface area contributed by atoms with Crippen LogP contribution in [0.15, 0.2) is 0 Å². The Balaban J connectivity index is 3.69. The molecule has 0 rings (SSSR count). The Hall–Kier alpha value is -0.570. The Morgan fingerprint density at radius 1 is 1.45 bits per heavy atom. The van der Waals surface area contributed by atoms with Crippen LogP contribution in [0.2, 0.25) is 0 Å². The number of rotatable bonds is 3. The molecule has 0 bridgehead atoms. The topological polar surface area (TPSA) is 69.1 Å². The molecule has 0 saturated carbocycles. The summed E-state index contributed by atoms with van der Waals surface area (Å²) in [4.78, 5) is 10.4. The maximum atomic E-state index is 10.4. The summed E-state index contributed by atoms with van der Waals surface area (Å²) in [5.74, 6) is -0.318. The van der Waals surface area contributed by atoms with Crippen molar-refractivity contribution in [3.8, 4) is 0 Å². The van der Waals surface area contributed by atoms with E-state index in [1.807, 2.05) is 0 Å². The molecule has 1 atom stereocenters. The standard InChI is InChI=1S/C8H18N2O/c1-8(2,3)5-6(9)4-7(10)11/h6H,4-5,9H2,1-3H3,(H2,10,11). The smallest absolute Gasteiger partial charge is 0.218 e. The molecular weight excluding hydrogens is 140 g/mol. The van der Waals surface area contributed by atoms with E-state index in [-0.39, 0.29) is 23.8 Å². The lowest BCUT2D eigenvalue weighted by Crippen LogP contribution is -2.31. The minimum atomic E-state index is -0.318. The molecule has 1 amide bonds. The van der Waals surface area contributed by atoms with Crippen molar-refractivity contribution in [3.05, 3.63) is 0 Å². The summed E-state index contributed by atoms with van der Waals surface area (Å²) in [6, 6.07) is -0.0903. The fourth-order valence-corrected chi connectivity index (χ4v) is 1.12. The van der Waals surface area contributed by atoms with E-state index in [0.717, 1.165) is 6.42 Å². The molecular formula is C8H18N2O. The number of nitrogens with two attached hydrogens (primary N) is 2. The van der Waals surface area contributed by atoms with Gasteiger partial charge >= 0.3 is 0 Å². The van der Waals surface area contributed by atoms with Gasteiger partial charge in [-0.15, -0.1) is 0 Å². The molecule has 0 fully saturated rings. The summed E-state index contributed by atoms with van der Waals surface area (Å²) >= 11 is 0. The second kappa shape index (κ2) is 3.72. The predicted molar refractivity (Wildman–Crippen MR) is 45.9 cm³/mol. The molecule has 0 saturated heterocycles. The third-order valence-corrected chi connectivity index (χ3v) is 1.34. The van der Waals surface area contributed by atoms with E-state index < -0.39 is 0 Å². The zero-order valence-corrected chi connectivity index (χ0v) is 7.55. The molecule has 3 heteroatoms. The summed E-state index contributed by atoms with van der Waals surface area (Å²) in [5.41, 5.74) is 10.8. The van der Waals surface area contributed by atoms with Crippen LogP contribution in [0.3, 0.4) is 0 Å². The third-order valence-electron chi connectivity index (χ3n) is 1.34. The average Bonchev–Trinajstić information content (AvgIpc) is 1.53. The van der Waals surface area contributed by atoms with Crippen LogP contribution >= 0.6 is 0 Å². The monoisotopic (exact) mass is 158 g/mol. The molecule has 4 N–H and O–H groups in total. The van der Waals surface area contributed by atoms with Crippen LogP contribution in [0, 0.1) is 5.41 Å². The Kier molecular flexibility index (Phi) is 3.52. The molecule has 0 aliphatic rings. The molecule has 0 spiro atoms. The van der Waals surface area contributed by atoms with Crippen molar-refractivity contribution in [1.82, 2.24) is 0 Å². The van der Waals surface area contributed by atoms with Gasteiger partial charge in [-0.2, -0.15) is 0 Å². The van der Waals surface area contributed by atoms with E-state index in [1.165, 1.54) is 0 Å². The van der Waals surface area contributed by atoms with Gasteiger partial charge in [0.15, 0.2) is 0 Å². The lowest BCUT2D eigenvalue weighted by Gasteiger charge is -2.21. The SMILES string of the molecule is CC(C)(C)CC(N)CC(N)=O. The molecule has 0 aliphatic heterocycles. The Morgan fingerprint density at radius 3 is 2.18 bits per heavy atom. The van der Waals surface area contributed by atoms with Gasteiger partial charge in [-0.3, -0.25) is 4.79 Å². The minimum Gasteiger partial charge on any atom is -0.370 e. The summed E-state index contributed by atoms with van der Waals surface area (Å²) in [6.07, 6.45) is 1.12. The largest absolute Gasteiger partial charge is 0.370 e. The molecule has 3 nitrogen and oxygen atoms in total. The highest BCUT2D eigenvalue weighted by molar-refractivity contribution is 5.74. The van der Waals surface area contributed by atoms with Gasteiger partial charge in [0.05, 0.1) is 0 Å². The van der Waals surface area contributed by atoms with Gasteiger partial charge < -0.3 is 11.5 Å². The predicted octanol–water partition coefficient (Wildman–Crippen LogP) is 0.625. The van der Waals surface area contributed by atoms with E-state index in [1.54, 1.807) is 0 Å². The highest BCUT2D eigenvalue weighted by atomic mass is 16.1. The number of hydrogen-bond donors (Lipinski definition) is 2. The molecule has 0 aromatic carbocycles. The normalized spacial score (nSPS) is 14.5. The highest BCUT2D eigenvalue weighted by Gasteiger charge is 2.16. The Morgan fingerprint density at radius 2 is 1.91 bits per heavy atom. The molecule has 11 heavy (non-hydrogen) atoms. The fraction of sp³-hybridized carbons (Fsp3) is 0.875. The van der Waals surface area contributed by atoms with Crippen LogP contribution in [-0.2, 0) is 4.79 Å². The van der Waals surface area contributed by atoms with Crippen molar-refractivity contribution in [2.75, 3.05) is 0 Å². The molecule has 0 aromatic heterocycles. The molecule has 0 aromatic rings. The van der Waals surface area contributed by atoms with Crippen molar-refractivity contribution >= 4 is 5.91 Å². The Bertz CT molecular complexity index is 138. The van der Waals surface area contributed by atoms with E-state index in [4.69, 9.17) is 11.5 Å². The minimum absolute atomic E-state index is 0.0903. The van der Waals surface area contributed by atoms with Crippen molar-refractivity contribution in [3.63, 3.8) is 0 Å². The van der Waals surface area contributed by atoms with Gasteiger partial charge in [0.2, 0.25) is 5.91 Å². The zero-order valence-electron chi connectivity index (χ0n) is 7.55. The van der Waals surface area contributed by atoms with Crippen LogP contribution in [0.4, 0.5) is 0 Å². The van der Waals surface area contributed by atoms with Crippen LogP contribution < -0.4 is 11.5 Å². The second-order valence-electron chi connectivity index (χ2n) is 4.20. The van der Waals surface area contributed by atoms with Gasteiger partial charge in [0, 0.05) is 12.5 Å². The van der Waals surface area contributed by atoms with Crippen LogP contribution in [0.5, 0.6) is 0 Å². The molecule has 0 aliphatic carbocycles. The number of primary amides is 1. The number of hydrogen-bond acceptors (Lipinski definition) is 2. The van der Waals surface area contributed by atoms with Crippen molar-refractivity contribution in [2.24, 2.45) is 16.9 Å². The number of carbonyl (C=O) groups excluding carboxylic acids is 1. The maximum absolute atomic E-state index is 10.4. The van der Waals surface area contributed by atoms with Gasteiger partial charge in [-0.1, -0.05) is 20.8 Å². The molecule has 0 radical (unpaired) electrons. The Labute approximate surface area is 68.1 Å². The first-order valence-corrected chi connectivity index (χ1v) is 3.85. The zero-order chi connectivity index (χ0) is 9.07. The number of carbonyl (C=O) groups is 1. The van der Waals surface area contributed by atoms with Crippen LogP contribution in [0.25, 0.3) is 0 Å². The summed E-state index contributed by atoms with van der Waals surface area (Å²) in [6.45, 7) is 6.27. The van der Waals surface area contributed by atoms with E-state index in [2.05, 4.69) is 20.8 Å². The van der Waals surface area contributed by atoms with Crippen molar-refractivity contribution in [1.29, 1.82) is 0 Å². The average molecular weight is 158 g/mol. The van der Waals surface area contributed by atoms with Gasteiger partial charge in [0.25, 0.3) is 0 Å².